The zero-order chi connectivity index (χ0) is 59.2. The molecule has 82 heavy (non-hydrogen) atoms. The lowest BCUT2D eigenvalue weighted by atomic mass is 10.0. The molecule has 0 amide bonds. The molecule has 0 rings (SSSR count). The average molecular weight is 1150 g/mol. The maximum Gasteiger partial charge on any atom is 0.306 e. The molecule has 0 aromatic carbocycles. The molecule has 484 valence electrons. The van der Waals surface area contributed by atoms with Crippen molar-refractivity contribution in [2.75, 3.05) is 13.2 Å². The lowest BCUT2D eigenvalue weighted by molar-refractivity contribution is -0.167. The van der Waals surface area contributed by atoms with Crippen molar-refractivity contribution in [3.05, 3.63) is 24.3 Å². The quantitative estimate of drug-likeness (QED) is 0.0261. The number of carbonyl (C=O) groups excluding carboxylic acids is 3. The van der Waals surface area contributed by atoms with Crippen LogP contribution < -0.4 is 0 Å². The Morgan fingerprint density at radius 3 is 0.610 bits per heavy atom. The van der Waals surface area contributed by atoms with E-state index in [0.29, 0.717) is 19.3 Å². The summed E-state index contributed by atoms with van der Waals surface area (Å²) < 4.78 is 16.9. The van der Waals surface area contributed by atoms with E-state index in [1.807, 2.05) is 0 Å². The highest BCUT2D eigenvalue weighted by atomic mass is 16.6. The fourth-order valence-corrected chi connectivity index (χ4v) is 11.6. The second kappa shape index (κ2) is 71.4. The van der Waals surface area contributed by atoms with Gasteiger partial charge in [-0.15, -0.1) is 0 Å². The van der Waals surface area contributed by atoms with Crippen molar-refractivity contribution in [1.29, 1.82) is 0 Å². The first kappa shape index (κ1) is 79.9. The average Bonchev–Trinajstić information content (AvgIpc) is 3.47. The Bertz CT molecular complexity index is 1320. The molecule has 0 saturated carbocycles. The first-order valence-corrected chi connectivity index (χ1v) is 37.3. The van der Waals surface area contributed by atoms with Gasteiger partial charge < -0.3 is 14.2 Å². The van der Waals surface area contributed by atoms with E-state index in [2.05, 4.69) is 45.1 Å². The van der Waals surface area contributed by atoms with Crippen molar-refractivity contribution < 1.29 is 28.6 Å². The lowest BCUT2D eigenvalue weighted by Gasteiger charge is -2.18. The molecule has 0 aromatic heterocycles. The lowest BCUT2D eigenvalue weighted by Crippen LogP contribution is -2.30. The third-order valence-corrected chi connectivity index (χ3v) is 17.2. The van der Waals surface area contributed by atoms with Crippen molar-refractivity contribution in [3.8, 4) is 0 Å². The van der Waals surface area contributed by atoms with Crippen molar-refractivity contribution in [2.45, 2.75) is 431 Å². The molecule has 1 unspecified atom stereocenters. The summed E-state index contributed by atoms with van der Waals surface area (Å²) in [5, 5.41) is 0. The molecule has 0 aliphatic carbocycles. The van der Waals surface area contributed by atoms with Gasteiger partial charge in [0.2, 0.25) is 0 Å². The Labute approximate surface area is 513 Å². The van der Waals surface area contributed by atoms with Crippen molar-refractivity contribution >= 4 is 17.9 Å². The standard InChI is InChI=1S/C76H144O6/c1-4-7-10-13-16-19-21-23-25-27-29-31-32-33-34-35-36-37-38-39-40-41-42-43-44-46-47-49-51-53-55-57-60-63-66-69-75(78)81-72-73(71-80-74(77)68-65-62-59-18-15-12-9-6-3)82-76(79)70-67-64-61-58-56-54-52-50-48-45-30-28-26-24-22-20-17-14-11-8-5-2/h27-30,73H,4-26,31-72H2,1-3H3/b29-27-,30-28-. The molecule has 0 radical (unpaired) electrons. The molecular weight excluding hydrogens is 1010 g/mol. The van der Waals surface area contributed by atoms with Crippen LogP contribution in [-0.2, 0) is 28.6 Å². The molecule has 6 nitrogen and oxygen atoms in total. The van der Waals surface area contributed by atoms with Crippen LogP contribution in [0.25, 0.3) is 0 Å². The molecule has 0 bridgehead atoms. The van der Waals surface area contributed by atoms with E-state index in [-0.39, 0.29) is 31.1 Å². The summed E-state index contributed by atoms with van der Waals surface area (Å²) in [7, 11) is 0. The topological polar surface area (TPSA) is 78.9 Å². The minimum atomic E-state index is -0.767. The van der Waals surface area contributed by atoms with E-state index in [9.17, 15) is 14.4 Å². The van der Waals surface area contributed by atoms with Gasteiger partial charge in [-0.1, -0.05) is 360 Å². The number of ether oxygens (including phenoxy) is 3. The van der Waals surface area contributed by atoms with Gasteiger partial charge in [-0.05, 0) is 70.6 Å². The highest BCUT2D eigenvalue weighted by molar-refractivity contribution is 5.71. The van der Waals surface area contributed by atoms with Gasteiger partial charge in [0.25, 0.3) is 0 Å². The Balaban J connectivity index is 3.96. The normalized spacial score (nSPS) is 12.1. The van der Waals surface area contributed by atoms with Crippen LogP contribution in [0.1, 0.15) is 425 Å². The Hall–Kier alpha value is -2.11. The smallest absolute Gasteiger partial charge is 0.306 e. The number of allylic oxidation sites excluding steroid dienone is 4. The van der Waals surface area contributed by atoms with E-state index < -0.39 is 6.10 Å². The SMILES string of the molecule is CCCCCCCCCC/C=C\CCCCCCCCCCCCCCCCCCCCCCCCCC(=O)OCC(COC(=O)CCCCCCCCCC)OC(=O)CCCCCCCCCCC/C=C\CCCCCCCCCC. The van der Waals surface area contributed by atoms with Crippen LogP contribution in [0.3, 0.4) is 0 Å². The van der Waals surface area contributed by atoms with Crippen LogP contribution in [-0.4, -0.2) is 37.2 Å². The number of rotatable bonds is 70. The van der Waals surface area contributed by atoms with Gasteiger partial charge in [0.1, 0.15) is 13.2 Å². The van der Waals surface area contributed by atoms with Crippen molar-refractivity contribution in [2.24, 2.45) is 0 Å². The Morgan fingerprint density at radius 1 is 0.232 bits per heavy atom. The first-order valence-electron chi connectivity index (χ1n) is 37.3. The van der Waals surface area contributed by atoms with Crippen LogP contribution in [0.15, 0.2) is 24.3 Å². The van der Waals surface area contributed by atoms with Gasteiger partial charge in [0, 0.05) is 19.3 Å². The first-order chi connectivity index (χ1) is 40.5. The highest BCUT2D eigenvalue weighted by Gasteiger charge is 2.20. The van der Waals surface area contributed by atoms with E-state index >= 15 is 0 Å². The van der Waals surface area contributed by atoms with Gasteiger partial charge in [0.05, 0.1) is 0 Å². The van der Waals surface area contributed by atoms with Crippen molar-refractivity contribution in [1.82, 2.24) is 0 Å². The monoisotopic (exact) mass is 1150 g/mol. The molecule has 0 saturated heterocycles. The molecule has 0 N–H and O–H groups in total. The highest BCUT2D eigenvalue weighted by Crippen LogP contribution is 2.19. The van der Waals surface area contributed by atoms with E-state index in [1.165, 1.54) is 327 Å². The Kier molecular flexibility index (Phi) is 69.5. The van der Waals surface area contributed by atoms with Crippen molar-refractivity contribution in [3.63, 3.8) is 0 Å². The summed E-state index contributed by atoms with van der Waals surface area (Å²) in [6.45, 7) is 6.68. The molecule has 0 spiro atoms. The second-order valence-corrected chi connectivity index (χ2v) is 25.6. The summed E-state index contributed by atoms with van der Waals surface area (Å²) in [4.78, 5) is 38.2. The number of hydrogen-bond donors (Lipinski definition) is 0. The number of hydrogen-bond acceptors (Lipinski definition) is 6. The maximum absolute atomic E-state index is 12.9. The molecule has 6 heteroatoms. The van der Waals surface area contributed by atoms with Gasteiger partial charge in [-0.25, -0.2) is 0 Å². The Morgan fingerprint density at radius 2 is 0.402 bits per heavy atom. The number of unbranched alkanes of at least 4 members (excludes halogenated alkanes) is 55. The minimum absolute atomic E-state index is 0.0657. The van der Waals surface area contributed by atoms with Crippen LogP contribution in [0, 0.1) is 0 Å². The van der Waals surface area contributed by atoms with E-state index in [0.717, 1.165) is 57.8 Å². The van der Waals surface area contributed by atoms with Gasteiger partial charge in [0.15, 0.2) is 6.10 Å². The molecule has 0 aliphatic heterocycles. The van der Waals surface area contributed by atoms with E-state index in [1.54, 1.807) is 0 Å². The molecular formula is C76H144O6. The molecule has 0 heterocycles. The summed E-state index contributed by atoms with van der Waals surface area (Å²) in [6.07, 6.45) is 88.3. The van der Waals surface area contributed by atoms with Gasteiger partial charge in [-0.3, -0.25) is 14.4 Å². The van der Waals surface area contributed by atoms with Gasteiger partial charge >= 0.3 is 17.9 Å². The third kappa shape index (κ3) is 68.7. The minimum Gasteiger partial charge on any atom is -0.462 e. The molecule has 1 atom stereocenters. The number of carbonyl (C=O) groups is 3. The van der Waals surface area contributed by atoms with Crippen LogP contribution >= 0.6 is 0 Å². The predicted molar refractivity (Wildman–Crippen MR) is 358 cm³/mol. The largest absolute Gasteiger partial charge is 0.462 e. The molecule has 0 fully saturated rings. The zero-order valence-electron chi connectivity index (χ0n) is 55.8. The zero-order valence-corrected chi connectivity index (χ0v) is 55.8. The number of esters is 3. The fourth-order valence-electron chi connectivity index (χ4n) is 11.6. The van der Waals surface area contributed by atoms with Gasteiger partial charge in [-0.2, -0.15) is 0 Å². The maximum atomic E-state index is 12.9. The summed E-state index contributed by atoms with van der Waals surface area (Å²) in [5.74, 6) is -0.842. The second-order valence-electron chi connectivity index (χ2n) is 25.6. The molecule has 0 aliphatic rings. The van der Waals surface area contributed by atoms with Crippen LogP contribution in [0.2, 0.25) is 0 Å². The summed E-state index contributed by atoms with van der Waals surface area (Å²) in [5.41, 5.74) is 0. The van der Waals surface area contributed by atoms with Crippen LogP contribution in [0.4, 0.5) is 0 Å². The predicted octanol–water partition coefficient (Wildman–Crippen LogP) is 25.7. The molecule has 0 aromatic rings. The summed E-state index contributed by atoms with van der Waals surface area (Å²) >= 11 is 0. The van der Waals surface area contributed by atoms with Crippen LogP contribution in [0.5, 0.6) is 0 Å². The third-order valence-electron chi connectivity index (χ3n) is 17.2. The fraction of sp³-hybridized carbons (Fsp3) is 0.908. The summed E-state index contributed by atoms with van der Waals surface area (Å²) in [6, 6.07) is 0. The van der Waals surface area contributed by atoms with E-state index in [4.69, 9.17) is 14.2 Å².